The molecule has 1 saturated heterocycles. The number of likely N-dealkylation sites (tertiary alicyclic amines) is 1. The monoisotopic (exact) mass is 313 g/mol. The average Bonchev–Trinajstić information content (AvgIpc) is 3.14. The van der Waals surface area contributed by atoms with Crippen LogP contribution in [0.3, 0.4) is 0 Å². The SMILES string of the molecule is C[C@H](c1nc(C2CC2)no1)N1CC[C@@H](CNc2ccccn2)C1. The van der Waals surface area contributed by atoms with Crippen molar-refractivity contribution < 1.29 is 4.52 Å². The van der Waals surface area contributed by atoms with Crippen molar-refractivity contribution in [2.45, 2.75) is 38.1 Å². The number of nitrogens with zero attached hydrogens (tertiary/aromatic N) is 4. The lowest BCUT2D eigenvalue weighted by Gasteiger charge is -2.21. The first-order valence-electron chi connectivity index (χ1n) is 8.52. The van der Waals surface area contributed by atoms with Crippen LogP contribution in [-0.2, 0) is 0 Å². The van der Waals surface area contributed by atoms with Gasteiger partial charge in [-0.1, -0.05) is 11.2 Å². The second kappa shape index (κ2) is 6.28. The maximum atomic E-state index is 5.48. The van der Waals surface area contributed by atoms with E-state index in [0.29, 0.717) is 11.8 Å². The number of aromatic nitrogens is 3. The molecule has 0 bridgehead atoms. The molecule has 23 heavy (non-hydrogen) atoms. The molecule has 1 aliphatic carbocycles. The van der Waals surface area contributed by atoms with Crippen molar-refractivity contribution in [2.24, 2.45) is 5.92 Å². The highest BCUT2D eigenvalue weighted by Crippen LogP contribution is 2.39. The van der Waals surface area contributed by atoms with Gasteiger partial charge in [0, 0.05) is 25.2 Å². The zero-order chi connectivity index (χ0) is 15.6. The molecule has 2 atom stereocenters. The molecule has 2 aromatic heterocycles. The lowest BCUT2D eigenvalue weighted by Crippen LogP contribution is -2.26. The van der Waals surface area contributed by atoms with E-state index in [1.54, 1.807) is 0 Å². The molecule has 0 spiro atoms. The fourth-order valence-corrected chi connectivity index (χ4v) is 3.18. The summed E-state index contributed by atoms with van der Waals surface area (Å²) in [6, 6.07) is 6.15. The lowest BCUT2D eigenvalue weighted by molar-refractivity contribution is 0.203. The zero-order valence-electron chi connectivity index (χ0n) is 13.5. The van der Waals surface area contributed by atoms with E-state index in [2.05, 4.69) is 32.3 Å². The van der Waals surface area contributed by atoms with Crippen LogP contribution in [0.2, 0.25) is 0 Å². The van der Waals surface area contributed by atoms with Gasteiger partial charge in [0.15, 0.2) is 5.82 Å². The van der Waals surface area contributed by atoms with Gasteiger partial charge in [-0.2, -0.15) is 4.98 Å². The van der Waals surface area contributed by atoms with Crippen molar-refractivity contribution in [3.05, 3.63) is 36.1 Å². The summed E-state index contributed by atoms with van der Waals surface area (Å²) in [5, 5.41) is 7.56. The standard InChI is InChI=1S/C17H23N5O/c1-12(17-20-16(21-23-17)14-5-6-14)22-9-7-13(11-22)10-19-15-4-2-3-8-18-15/h2-4,8,12-14H,5-7,9-11H2,1H3,(H,18,19)/t12-,13+/m1/s1. The quantitative estimate of drug-likeness (QED) is 0.884. The fraction of sp³-hybridized carbons (Fsp3) is 0.588. The van der Waals surface area contributed by atoms with Gasteiger partial charge in [-0.15, -0.1) is 0 Å². The Bertz CT molecular complexity index is 639. The summed E-state index contributed by atoms with van der Waals surface area (Å²) in [7, 11) is 0. The molecule has 1 saturated carbocycles. The molecular weight excluding hydrogens is 290 g/mol. The molecule has 1 N–H and O–H groups in total. The molecule has 0 aromatic carbocycles. The van der Waals surface area contributed by atoms with E-state index in [1.807, 2.05) is 24.4 Å². The summed E-state index contributed by atoms with van der Waals surface area (Å²) >= 11 is 0. The van der Waals surface area contributed by atoms with Gasteiger partial charge in [-0.3, -0.25) is 4.90 Å². The Kier molecular flexibility index (Phi) is 3.99. The van der Waals surface area contributed by atoms with Crippen molar-refractivity contribution >= 4 is 5.82 Å². The molecule has 6 nitrogen and oxygen atoms in total. The Morgan fingerprint density at radius 3 is 3.04 bits per heavy atom. The molecule has 4 rings (SSSR count). The highest BCUT2D eigenvalue weighted by Gasteiger charge is 2.32. The maximum Gasteiger partial charge on any atom is 0.243 e. The van der Waals surface area contributed by atoms with Crippen LogP contribution in [0.15, 0.2) is 28.9 Å². The normalized spacial score (nSPS) is 23.1. The molecule has 0 amide bonds. The lowest BCUT2D eigenvalue weighted by atomic mass is 10.1. The number of pyridine rings is 1. The van der Waals surface area contributed by atoms with Gasteiger partial charge in [-0.25, -0.2) is 4.98 Å². The van der Waals surface area contributed by atoms with Gasteiger partial charge >= 0.3 is 0 Å². The van der Waals surface area contributed by atoms with E-state index < -0.39 is 0 Å². The van der Waals surface area contributed by atoms with Gasteiger partial charge in [0.2, 0.25) is 5.89 Å². The Morgan fingerprint density at radius 1 is 1.35 bits per heavy atom. The first kappa shape index (κ1) is 14.6. The van der Waals surface area contributed by atoms with Crippen LogP contribution in [0.4, 0.5) is 5.82 Å². The number of hydrogen-bond donors (Lipinski definition) is 1. The fourth-order valence-electron chi connectivity index (χ4n) is 3.18. The maximum absolute atomic E-state index is 5.48. The minimum atomic E-state index is 0.204. The number of rotatable bonds is 6. The molecule has 122 valence electrons. The van der Waals surface area contributed by atoms with Crippen LogP contribution in [0.25, 0.3) is 0 Å². The van der Waals surface area contributed by atoms with Crippen molar-refractivity contribution in [2.75, 3.05) is 25.0 Å². The van der Waals surface area contributed by atoms with Crippen molar-refractivity contribution in [3.8, 4) is 0 Å². The number of hydrogen-bond acceptors (Lipinski definition) is 6. The molecule has 0 radical (unpaired) electrons. The van der Waals surface area contributed by atoms with Gasteiger partial charge in [0.25, 0.3) is 0 Å². The molecule has 2 fully saturated rings. The van der Waals surface area contributed by atoms with Crippen LogP contribution >= 0.6 is 0 Å². The summed E-state index contributed by atoms with van der Waals surface area (Å²) in [6.45, 7) is 5.26. The third-order valence-electron chi connectivity index (χ3n) is 4.86. The van der Waals surface area contributed by atoms with E-state index in [9.17, 15) is 0 Å². The van der Waals surface area contributed by atoms with Gasteiger partial charge in [-0.05, 0) is 50.8 Å². The first-order valence-corrected chi connectivity index (χ1v) is 8.52. The molecule has 6 heteroatoms. The van der Waals surface area contributed by atoms with Crippen molar-refractivity contribution in [1.82, 2.24) is 20.0 Å². The second-order valence-electron chi connectivity index (χ2n) is 6.69. The van der Waals surface area contributed by atoms with Crippen LogP contribution in [0.1, 0.15) is 49.9 Å². The predicted octanol–water partition coefficient (Wildman–Crippen LogP) is 2.84. The van der Waals surface area contributed by atoms with Crippen LogP contribution < -0.4 is 5.32 Å². The minimum absolute atomic E-state index is 0.204. The Labute approximate surface area is 136 Å². The second-order valence-corrected chi connectivity index (χ2v) is 6.69. The highest BCUT2D eigenvalue weighted by atomic mass is 16.5. The first-order chi connectivity index (χ1) is 11.3. The van der Waals surface area contributed by atoms with Gasteiger partial charge in [0.05, 0.1) is 6.04 Å². The Hall–Kier alpha value is -1.95. The third-order valence-corrected chi connectivity index (χ3v) is 4.86. The molecule has 1 aliphatic heterocycles. The van der Waals surface area contributed by atoms with Crippen molar-refractivity contribution in [3.63, 3.8) is 0 Å². The van der Waals surface area contributed by atoms with E-state index in [0.717, 1.165) is 37.2 Å². The predicted molar refractivity (Wildman–Crippen MR) is 87.1 cm³/mol. The molecule has 0 unspecified atom stereocenters. The van der Waals surface area contributed by atoms with E-state index in [4.69, 9.17) is 4.52 Å². The van der Waals surface area contributed by atoms with Gasteiger partial charge < -0.3 is 9.84 Å². The Morgan fingerprint density at radius 2 is 2.26 bits per heavy atom. The summed E-state index contributed by atoms with van der Waals surface area (Å²) in [5.41, 5.74) is 0. The summed E-state index contributed by atoms with van der Waals surface area (Å²) < 4.78 is 5.48. The third kappa shape index (κ3) is 3.37. The summed E-state index contributed by atoms with van der Waals surface area (Å²) in [6.07, 6.45) is 5.42. The Balaban J connectivity index is 1.30. The molecule has 3 heterocycles. The van der Waals surface area contributed by atoms with E-state index in [-0.39, 0.29) is 6.04 Å². The smallest absolute Gasteiger partial charge is 0.243 e. The van der Waals surface area contributed by atoms with Crippen LogP contribution in [-0.4, -0.2) is 39.7 Å². The number of nitrogens with one attached hydrogen (secondary N) is 1. The average molecular weight is 313 g/mol. The number of anilines is 1. The van der Waals surface area contributed by atoms with Crippen LogP contribution in [0.5, 0.6) is 0 Å². The van der Waals surface area contributed by atoms with Crippen molar-refractivity contribution in [1.29, 1.82) is 0 Å². The highest BCUT2D eigenvalue weighted by molar-refractivity contribution is 5.33. The molecule has 2 aliphatic rings. The van der Waals surface area contributed by atoms with Gasteiger partial charge in [0.1, 0.15) is 5.82 Å². The molecule has 2 aromatic rings. The van der Waals surface area contributed by atoms with Crippen LogP contribution in [0, 0.1) is 5.92 Å². The largest absolute Gasteiger partial charge is 0.370 e. The minimum Gasteiger partial charge on any atom is -0.370 e. The van der Waals surface area contributed by atoms with E-state index >= 15 is 0 Å². The zero-order valence-corrected chi connectivity index (χ0v) is 13.5. The summed E-state index contributed by atoms with van der Waals surface area (Å²) in [5.74, 6) is 3.80. The molecular formula is C17H23N5O. The van der Waals surface area contributed by atoms with E-state index in [1.165, 1.54) is 19.3 Å². The summed E-state index contributed by atoms with van der Waals surface area (Å²) in [4.78, 5) is 11.3. The topological polar surface area (TPSA) is 67.1 Å².